The van der Waals surface area contributed by atoms with E-state index in [1.165, 1.54) is 18.4 Å². The molecule has 2 rings (SSSR count). The monoisotopic (exact) mass is 244 g/mol. The average molecular weight is 244 g/mol. The average Bonchev–Trinajstić information content (AvgIpc) is 2.72. The molecule has 1 heterocycles. The van der Waals surface area contributed by atoms with Gasteiger partial charge in [-0.15, -0.1) is 0 Å². The van der Waals surface area contributed by atoms with Gasteiger partial charge in [0.1, 0.15) is 0 Å². The van der Waals surface area contributed by atoms with Crippen molar-refractivity contribution in [2.45, 2.75) is 6.18 Å². The molecule has 3 N–H and O–H groups in total. The summed E-state index contributed by atoms with van der Waals surface area (Å²) in [5.41, 5.74) is 5.35. The maximum Gasteiger partial charge on any atom is 0.417 e. The van der Waals surface area contributed by atoms with E-state index in [4.69, 9.17) is 10.2 Å². The van der Waals surface area contributed by atoms with Gasteiger partial charge in [-0.1, -0.05) is 0 Å². The first-order chi connectivity index (χ1) is 8.04. The van der Waals surface area contributed by atoms with Crippen molar-refractivity contribution in [3.63, 3.8) is 0 Å². The Morgan fingerprint density at radius 3 is 2.65 bits per heavy atom. The minimum absolute atomic E-state index is 0.0551. The lowest BCUT2D eigenvalue weighted by Gasteiger charge is -2.10. The predicted molar refractivity (Wildman–Crippen MR) is 58.8 cm³/mol. The fourth-order valence-corrected chi connectivity index (χ4v) is 1.66. The first-order valence-corrected chi connectivity index (χ1v) is 5.05. The fourth-order valence-electron chi connectivity index (χ4n) is 1.66. The highest BCUT2D eigenvalue weighted by molar-refractivity contribution is 5.92. The number of rotatable bonds is 3. The third-order valence-corrected chi connectivity index (χ3v) is 2.38. The van der Waals surface area contributed by atoms with Crippen LogP contribution in [0.2, 0.25) is 0 Å². The van der Waals surface area contributed by atoms with Crippen molar-refractivity contribution in [1.82, 2.24) is 0 Å². The van der Waals surface area contributed by atoms with E-state index in [0.29, 0.717) is 18.8 Å². The number of halogens is 3. The maximum atomic E-state index is 12.7. The van der Waals surface area contributed by atoms with Crippen LogP contribution in [0.25, 0.3) is 11.0 Å². The van der Waals surface area contributed by atoms with Crippen LogP contribution in [0.1, 0.15) is 5.56 Å². The van der Waals surface area contributed by atoms with E-state index in [-0.39, 0.29) is 11.0 Å². The van der Waals surface area contributed by atoms with Gasteiger partial charge in [0, 0.05) is 18.5 Å². The second kappa shape index (κ2) is 4.29. The second-order valence-electron chi connectivity index (χ2n) is 3.54. The number of hydrogen-bond acceptors (Lipinski definition) is 3. The molecule has 17 heavy (non-hydrogen) atoms. The van der Waals surface area contributed by atoms with Gasteiger partial charge in [-0.2, -0.15) is 13.2 Å². The summed E-state index contributed by atoms with van der Waals surface area (Å²) in [7, 11) is 0. The lowest BCUT2D eigenvalue weighted by molar-refractivity contribution is -0.136. The summed E-state index contributed by atoms with van der Waals surface area (Å²) in [5.74, 6) is 0. The van der Waals surface area contributed by atoms with Gasteiger partial charge < -0.3 is 15.5 Å². The van der Waals surface area contributed by atoms with Crippen molar-refractivity contribution >= 4 is 16.7 Å². The zero-order chi connectivity index (χ0) is 12.5. The zero-order valence-electron chi connectivity index (χ0n) is 8.84. The normalized spacial score (nSPS) is 12.0. The molecule has 0 amide bonds. The summed E-state index contributed by atoms with van der Waals surface area (Å²) in [4.78, 5) is 0. The van der Waals surface area contributed by atoms with Crippen LogP contribution in [0.3, 0.4) is 0 Å². The minimum atomic E-state index is -4.38. The number of anilines is 1. The molecule has 0 aliphatic rings. The number of nitrogens with two attached hydrogens (primary N) is 1. The van der Waals surface area contributed by atoms with Crippen LogP contribution < -0.4 is 11.1 Å². The van der Waals surface area contributed by atoms with Crippen LogP contribution in [-0.2, 0) is 6.18 Å². The quantitative estimate of drug-likeness (QED) is 0.872. The minimum Gasteiger partial charge on any atom is -0.462 e. The van der Waals surface area contributed by atoms with Gasteiger partial charge in [-0.05, 0) is 18.2 Å². The Morgan fingerprint density at radius 1 is 1.24 bits per heavy atom. The second-order valence-corrected chi connectivity index (χ2v) is 3.54. The van der Waals surface area contributed by atoms with Crippen molar-refractivity contribution < 1.29 is 17.6 Å². The van der Waals surface area contributed by atoms with Crippen LogP contribution >= 0.6 is 0 Å². The Bertz CT molecular complexity index is 519. The standard InChI is InChI=1S/C11H11F3N2O/c12-11(13,14)8-1-2-9(16-5-4-15)10-7(8)3-6-17-10/h1-3,6,16H,4-5,15H2. The Kier molecular flexibility index (Phi) is 2.97. The van der Waals surface area contributed by atoms with E-state index in [1.807, 2.05) is 0 Å². The lowest BCUT2D eigenvalue weighted by Crippen LogP contribution is -2.13. The van der Waals surface area contributed by atoms with Gasteiger partial charge in [0.25, 0.3) is 0 Å². The number of alkyl halides is 3. The number of benzene rings is 1. The molecule has 0 atom stereocenters. The molecule has 6 heteroatoms. The molecule has 3 nitrogen and oxygen atoms in total. The Labute approximate surface area is 95.4 Å². The van der Waals surface area contributed by atoms with Crippen LogP contribution in [-0.4, -0.2) is 13.1 Å². The number of nitrogens with one attached hydrogen (secondary N) is 1. The van der Waals surface area contributed by atoms with Gasteiger partial charge in [-0.25, -0.2) is 0 Å². The largest absolute Gasteiger partial charge is 0.462 e. The van der Waals surface area contributed by atoms with E-state index in [1.54, 1.807) is 0 Å². The van der Waals surface area contributed by atoms with Crippen molar-refractivity contribution in [2.24, 2.45) is 5.73 Å². The van der Waals surface area contributed by atoms with Gasteiger partial charge in [0.05, 0.1) is 17.5 Å². The molecule has 0 aliphatic heterocycles. The first kappa shape index (κ1) is 11.8. The van der Waals surface area contributed by atoms with Crippen LogP contribution in [0.4, 0.5) is 18.9 Å². The molecule has 0 unspecified atom stereocenters. The Morgan fingerprint density at radius 2 is 2.00 bits per heavy atom. The van der Waals surface area contributed by atoms with E-state index in [9.17, 15) is 13.2 Å². The van der Waals surface area contributed by atoms with E-state index < -0.39 is 11.7 Å². The molecule has 0 fully saturated rings. The van der Waals surface area contributed by atoms with Crippen LogP contribution in [0.5, 0.6) is 0 Å². The van der Waals surface area contributed by atoms with Crippen LogP contribution in [0, 0.1) is 0 Å². The highest BCUT2D eigenvalue weighted by Crippen LogP contribution is 2.37. The first-order valence-electron chi connectivity index (χ1n) is 5.05. The van der Waals surface area contributed by atoms with Gasteiger partial charge >= 0.3 is 6.18 Å². The summed E-state index contributed by atoms with van der Waals surface area (Å²) < 4.78 is 43.2. The van der Waals surface area contributed by atoms with Gasteiger partial charge in [-0.3, -0.25) is 0 Å². The maximum absolute atomic E-state index is 12.7. The summed E-state index contributed by atoms with van der Waals surface area (Å²) >= 11 is 0. The SMILES string of the molecule is NCCNc1ccc(C(F)(F)F)c2ccoc12. The molecule has 0 radical (unpaired) electrons. The molecule has 0 saturated heterocycles. The summed E-state index contributed by atoms with van der Waals surface area (Å²) in [6.45, 7) is 0.865. The molecule has 0 spiro atoms. The molecular weight excluding hydrogens is 233 g/mol. The Hall–Kier alpha value is -1.69. The number of hydrogen-bond donors (Lipinski definition) is 2. The van der Waals surface area contributed by atoms with E-state index in [2.05, 4.69) is 5.32 Å². The molecule has 92 valence electrons. The van der Waals surface area contributed by atoms with Crippen molar-refractivity contribution in [3.05, 3.63) is 30.0 Å². The van der Waals surface area contributed by atoms with Crippen LogP contribution in [0.15, 0.2) is 28.9 Å². The summed E-state index contributed by atoms with van der Waals surface area (Å²) in [6, 6.07) is 3.70. The smallest absolute Gasteiger partial charge is 0.417 e. The molecule has 1 aromatic heterocycles. The van der Waals surface area contributed by atoms with Gasteiger partial charge in [0.15, 0.2) is 5.58 Å². The highest BCUT2D eigenvalue weighted by atomic mass is 19.4. The topological polar surface area (TPSA) is 51.2 Å². The van der Waals surface area contributed by atoms with Crippen molar-refractivity contribution in [1.29, 1.82) is 0 Å². The third kappa shape index (κ3) is 2.21. The fraction of sp³-hybridized carbons (Fsp3) is 0.273. The van der Waals surface area contributed by atoms with E-state index >= 15 is 0 Å². The molecule has 0 aliphatic carbocycles. The lowest BCUT2D eigenvalue weighted by atomic mass is 10.1. The van der Waals surface area contributed by atoms with Gasteiger partial charge in [0.2, 0.25) is 0 Å². The summed E-state index contributed by atoms with van der Waals surface area (Å²) in [6.07, 6.45) is -3.14. The molecule has 0 bridgehead atoms. The van der Waals surface area contributed by atoms with E-state index in [0.717, 1.165) is 6.07 Å². The molecular formula is C11H11F3N2O. The summed E-state index contributed by atoms with van der Waals surface area (Å²) in [5, 5.41) is 2.97. The molecule has 1 aromatic carbocycles. The third-order valence-electron chi connectivity index (χ3n) is 2.38. The van der Waals surface area contributed by atoms with Crippen molar-refractivity contribution in [3.8, 4) is 0 Å². The highest BCUT2D eigenvalue weighted by Gasteiger charge is 2.33. The molecule has 0 saturated carbocycles. The molecule has 2 aromatic rings. The van der Waals surface area contributed by atoms with Crippen molar-refractivity contribution in [2.75, 3.05) is 18.4 Å². The predicted octanol–water partition coefficient (Wildman–Crippen LogP) is 2.82. The Balaban J connectivity index is 2.51. The zero-order valence-corrected chi connectivity index (χ0v) is 8.84. The number of furan rings is 1. The number of fused-ring (bicyclic) bond motifs is 1.